The van der Waals surface area contributed by atoms with E-state index in [1.165, 1.54) is 0 Å². The third-order valence-corrected chi connectivity index (χ3v) is 2.89. The Balaban J connectivity index is 2.20. The Hall–Kier alpha value is -2.93. The lowest BCUT2D eigenvalue weighted by Gasteiger charge is -2.13. The van der Waals surface area contributed by atoms with E-state index in [1.807, 2.05) is 0 Å². The number of phenolic OH excluding ortho intramolecular Hbond substituents is 1. The van der Waals surface area contributed by atoms with E-state index in [2.05, 4.69) is 5.32 Å². The highest BCUT2D eigenvalue weighted by molar-refractivity contribution is 5.96. The summed E-state index contributed by atoms with van der Waals surface area (Å²) < 4.78 is 0. The molecule has 21 heavy (non-hydrogen) atoms. The van der Waals surface area contributed by atoms with Gasteiger partial charge in [-0.1, -0.05) is 30.3 Å². The van der Waals surface area contributed by atoms with Crippen molar-refractivity contribution in [1.29, 1.82) is 0 Å². The first-order valence-electron chi connectivity index (χ1n) is 6.08. The Morgan fingerprint density at radius 2 is 1.90 bits per heavy atom. The summed E-state index contributed by atoms with van der Waals surface area (Å²) in [4.78, 5) is 22.1. The number of nitrogens with two attached hydrogens (primary N) is 1. The monoisotopic (exact) mass is 287 g/mol. The van der Waals surface area contributed by atoms with E-state index in [-0.39, 0.29) is 17.1 Å². The molecule has 0 unspecified atom stereocenters. The first-order chi connectivity index (χ1) is 9.99. The van der Waals surface area contributed by atoms with Crippen LogP contribution >= 0.6 is 0 Å². The number of nitrogens with one attached hydrogen (secondary N) is 1. The molecule has 0 spiro atoms. The number of anilines is 1. The molecule has 2 rings (SSSR count). The number of carbonyl (C=O) groups excluding carboxylic acids is 1. The molecule has 4 N–H and O–H groups in total. The lowest BCUT2D eigenvalue weighted by Crippen LogP contribution is -2.27. The molecule has 0 aliphatic carbocycles. The van der Waals surface area contributed by atoms with Gasteiger partial charge in [-0.15, -0.1) is 0 Å². The van der Waals surface area contributed by atoms with Gasteiger partial charge in [0.05, 0.1) is 10.6 Å². The Morgan fingerprint density at radius 1 is 1.24 bits per heavy atom. The molecule has 0 saturated heterocycles. The average Bonchev–Trinajstić information content (AvgIpc) is 2.49. The number of non-ortho nitro benzene ring substituents is 1. The number of aromatic hydroxyl groups is 1. The Morgan fingerprint density at radius 3 is 2.52 bits per heavy atom. The summed E-state index contributed by atoms with van der Waals surface area (Å²) >= 11 is 0. The summed E-state index contributed by atoms with van der Waals surface area (Å²) in [7, 11) is 0. The van der Waals surface area contributed by atoms with Gasteiger partial charge in [-0.2, -0.15) is 0 Å². The predicted octanol–water partition coefficient (Wildman–Crippen LogP) is 1.94. The van der Waals surface area contributed by atoms with Crippen LogP contribution in [0.25, 0.3) is 0 Å². The van der Waals surface area contributed by atoms with Crippen molar-refractivity contribution in [3.05, 3.63) is 64.2 Å². The highest BCUT2D eigenvalue weighted by Gasteiger charge is 2.18. The molecular formula is C14H13N3O4. The Kier molecular flexibility index (Phi) is 4.15. The van der Waals surface area contributed by atoms with E-state index in [1.54, 1.807) is 30.3 Å². The van der Waals surface area contributed by atoms with Crippen molar-refractivity contribution in [3.63, 3.8) is 0 Å². The third kappa shape index (κ3) is 3.34. The van der Waals surface area contributed by atoms with Gasteiger partial charge in [-0.05, 0) is 11.6 Å². The molecule has 0 aliphatic rings. The van der Waals surface area contributed by atoms with Crippen molar-refractivity contribution in [2.24, 2.45) is 5.73 Å². The van der Waals surface area contributed by atoms with E-state index in [4.69, 9.17) is 5.73 Å². The van der Waals surface area contributed by atoms with E-state index >= 15 is 0 Å². The number of phenols is 1. The maximum atomic E-state index is 12.0. The van der Waals surface area contributed by atoms with Crippen LogP contribution in [0, 0.1) is 10.1 Å². The van der Waals surface area contributed by atoms with Gasteiger partial charge >= 0.3 is 0 Å². The highest BCUT2D eigenvalue weighted by Crippen LogP contribution is 2.28. The molecule has 0 radical (unpaired) electrons. The molecule has 0 heterocycles. The molecule has 1 amide bonds. The second-order valence-electron chi connectivity index (χ2n) is 4.34. The van der Waals surface area contributed by atoms with E-state index in [0.29, 0.717) is 5.56 Å². The average molecular weight is 287 g/mol. The second-order valence-corrected chi connectivity index (χ2v) is 4.34. The van der Waals surface area contributed by atoms with Crippen LogP contribution in [0.4, 0.5) is 11.4 Å². The number of amides is 1. The minimum atomic E-state index is -0.940. The second kappa shape index (κ2) is 6.02. The van der Waals surface area contributed by atoms with E-state index in [0.717, 1.165) is 18.2 Å². The molecule has 0 aromatic heterocycles. The van der Waals surface area contributed by atoms with Crippen LogP contribution < -0.4 is 11.1 Å². The number of nitrogens with zero attached hydrogens (tertiary/aromatic N) is 1. The van der Waals surface area contributed by atoms with Crippen LogP contribution in [0.5, 0.6) is 5.75 Å². The molecule has 7 heteroatoms. The standard InChI is InChI=1S/C14H13N3O4/c15-13(9-4-2-1-3-5-9)14(19)16-11-8-10(17(20)21)6-7-12(11)18/h1-8,13,18H,15H2,(H,16,19)/t13-/m0/s1. The van der Waals surface area contributed by atoms with Gasteiger partial charge in [-0.25, -0.2) is 0 Å². The minimum Gasteiger partial charge on any atom is -0.506 e. The zero-order chi connectivity index (χ0) is 15.4. The fourth-order valence-corrected chi connectivity index (χ4v) is 1.76. The number of benzene rings is 2. The van der Waals surface area contributed by atoms with Crippen molar-refractivity contribution in [3.8, 4) is 5.75 Å². The van der Waals surface area contributed by atoms with Crippen LogP contribution in [-0.2, 0) is 4.79 Å². The van der Waals surface area contributed by atoms with Gasteiger partial charge in [0.2, 0.25) is 5.91 Å². The van der Waals surface area contributed by atoms with Crippen molar-refractivity contribution >= 4 is 17.3 Å². The maximum absolute atomic E-state index is 12.0. The number of nitro benzene ring substituents is 1. The topological polar surface area (TPSA) is 118 Å². The van der Waals surface area contributed by atoms with Crippen LogP contribution in [0.1, 0.15) is 11.6 Å². The number of hydrogen-bond acceptors (Lipinski definition) is 5. The Labute approximate surface area is 120 Å². The largest absolute Gasteiger partial charge is 0.506 e. The molecular weight excluding hydrogens is 274 g/mol. The number of rotatable bonds is 4. The molecule has 7 nitrogen and oxygen atoms in total. The molecule has 2 aromatic rings. The van der Waals surface area contributed by atoms with Crippen molar-refractivity contribution in [2.45, 2.75) is 6.04 Å². The lowest BCUT2D eigenvalue weighted by molar-refractivity contribution is -0.384. The normalized spacial score (nSPS) is 11.7. The predicted molar refractivity (Wildman–Crippen MR) is 76.8 cm³/mol. The first-order valence-corrected chi connectivity index (χ1v) is 6.08. The van der Waals surface area contributed by atoms with E-state index in [9.17, 15) is 20.0 Å². The van der Waals surface area contributed by atoms with Gasteiger partial charge in [-0.3, -0.25) is 14.9 Å². The Bertz CT molecular complexity index is 673. The van der Waals surface area contributed by atoms with Crippen molar-refractivity contribution < 1.29 is 14.8 Å². The molecule has 108 valence electrons. The maximum Gasteiger partial charge on any atom is 0.271 e. The smallest absolute Gasteiger partial charge is 0.271 e. The summed E-state index contributed by atoms with van der Waals surface area (Å²) in [6, 6.07) is 11.1. The molecule has 1 atom stereocenters. The van der Waals surface area contributed by atoms with Gasteiger partial charge < -0.3 is 16.2 Å². The summed E-state index contributed by atoms with van der Waals surface area (Å²) in [5.74, 6) is -0.841. The number of carbonyl (C=O) groups is 1. The number of nitro groups is 1. The molecule has 0 saturated carbocycles. The zero-order valence-electron chi connectivity index (χ0n) is 10.9. The zero-order valence-corrected chi connectivity index (χ0v) is 10.9. The summed E-state index contributed by atoms with van der Waals surface area (Å²) in [5.41, 5.74) is 6.11. The molecule has 0 fully saturated rings. The van der Waals surface area contributed by atoms with Crippen LogP contribution in [0.3, 0.4) is 0 Å². The fraction of sp³-hybridized carbons (Fsp3) is 0.0714. The summed E-state index contributed by atoms with van der Waals surface area (Å²) in [6.07, 6.45) is 0. The molecule has 0 aliphatic heterocycles. The highest BCUT2D eigenvalue weighted by atomic mass is 16.6. The van der Waals surface area contributed by atoms with Gasteiger partial charge in [0.15, 0.2) is 0 Å². The van der Waals surface area contributed by atoms with Crippen molar-refractivity contribution in [1.82, 2.24) is 0 Å². The van der Waals surface area contributed by atoms with Gasteiger partial charge in [0.25, 0.3) is 5.69 Å². The van der Waals surface area contributed by atoms with Gasteiger partial charge in [0.1, 0.15) is 11.8 Å². The van der Waals surface area contributed by atoms with Crippen molar-refractivity contribution in [2.75, 3.05) is 5.32 Å². The quantitative estimate of drug-likeness (QED) is 0.451. The van der Waals surface area contributed by atoms with Crippen LogP contribution in [-0.4, -0.2) is 15.9 Å². The molecule has 0 bridgehead atoms. The fourth-order valence-electron chi connectivity index (χ4n) is 1.76. The van der Waals surface area contributed by atoms with Gasteiger partial charge in [0, 0.05) is 12.1 Å². The van der Waals surface area contributed by atoms with Crippen LogP contribution in [0.2, 0.25) is 0 Å². The SMILES string of the molecule is N[C@H](C(=O)Nc1cc([N+](=O)[O-])ccc1O)c1ccccc1. The minimum absolute atomic E-state index is 0.0550. The summed E-state index contributed by atoms with van der Waals surface area (Å²) in [5, 5.41) is 22.7. The third-order valence-electron chi connectivity index (χ3n) is 2.89. The number of hydrogen-bond donors (Lipinski definition) is 3. The lowest BCUT2D eigenvalue weighted by atomic mass is 10.1. The van der Waals surface area contributed by atoms with E-state index < -0.39 is 16.9 Å². The first kappa shape index (κ1) is 14.5. The summed E-state index contributed by atoms with van der Waals surface area (Å²) in [6.45, 7) is 0. The van der Waals surface area contributed by atoms with Crippen LogP contribution in [0.15, 0.2) is 48.5 Å². The molecule has 2 aromatic carbocycles.